The summed E-state index contributed by atoms with van der Waals surface area (Å²) < 4.78 is 5.73. The number of piperidine rings is 2. The predicted octanol–water partition coefficient (Wildman–Crippen LogP) is 4.02. The van der Waals surface area contributed by atoms with E-state index in [-0.39, 0.29) is 36.1 Å². The van der Waals surface area contributed by atoms with Crippen molar-refractivity contribution < 1.29 is 9.53 Å². The Morgan fingerprint density at radius 1 is 1.09 bits per heavy atom. The van der Waals surface area contributed by atoms with Gasteiger partial charge in [0.25, 0.3) is 0 Å². The van der Waals surface area contributed by atoms with Crippen LogP contribution in [0.1, 0.15) is 66.2 Å². The molecule has 0 bridgehead atoms. The van der Waals surface area contributed by atoms with Crippen LogP contribution in [0, 0.1) is 11.8 Å². The van der Waals surface area contributed by atoms with Gasteiger partial charge in [-0.3, -0.25) is 4.99 Å². The minimum atomic E-state index is -0.446. The van der Waals surface area contributed by atoms with Crippen LogP contribution in [0.15, 0.2) is 4.99 Å². The van der Waals surface area contributed by atoms with Crippen molar-refractivity contribution in [2.75, 3.05) is 52.9 Å². The first kappa shape index (κ1) is 27.5. The molecule has 1 aliphatic carbocycles. The maximum absolute atomic E-state index is 12.9. The SMILES string of the molecule is CCN1CCCC(CNC(=NC)N2CCC(N(CC3CC3)C(=O)OC(C)(C)C)CC2)C1.I. The summed E-state index contributed by atoms with van der Waals surface area (Å²) in [6.07, 6.45) is 6.88. The van der Waals surface area contributed by atoms with E-state index in [1.54, 1.807) is 0 Å². The van der Waals surface area contributed by atoms with Gasteiger partial charge in [0.15, 0.2) is 5.96 Å². The summed E-state index contributed by atoms with van der Waals surface area (Å²) in [5.41, 5.74) is -0.446. The molecule has 2 heterocycles. The molecule has 0 aromatic carbocycles. The summed E-state index contributed by atoms with van der Waals surface area (Å²) in [7, 11) is 1.88. The van der Waals surface area contributed by atoms with Gasteiger partial charge in [0, 0.05) is 45.8 Å². The molecule has 2 saturated heterocycles. The molecule has 1 saturated carbocycles. The molecule has 3 aliphatic rings. The average Bonchev–Trinajstić information content (AvgIpc) is 3.56. The molecular weight excluding hydrogens is 517 g/mol. The molecule has 2 aliphatic heterocycles. The van der Waals surface area contributed by atoms with Crippen LogP contribution in [0.25, 0.3) is 0 Å². The molecule has 8 heteroatoms. The third kappa shape index (κ3) is 8.54. The summed E-state index contributed by atoms with van der Waals surface area (Å²) in [6, 6.07) is 0.265. The van der Waals surface area contributed by atoms with E-state index in [4.69, 9.17) is 4.74 Å². The Labute approximate surface area is 212 Å². The first-order valence-corrected chi connectivity index (χ1v) is 12.5. The van der Waals surface area contributed by atoms with Crippen molar-refractivity contribution in [2.45, 2.75) is 77.9 Å². The molecule has 186 valence electrons. The monoisotopic (exact) mass is 563 g/mol. The Balaban J connectivity index is 0.00000363. The molecule has 0 spiro atoms. The Bertz CT molecular complexity index is 612. The number of nitrogens with one attached hydrogen (secondary N) is 1. The zero-order valence-corrected chi connectivity index (χ0v) is 23.3. The highest BCUT2D eigenvalue weighted by Gasteiger charge is 2.35. The van der Waals surface area contributed by atoms with E-state index in [1.165, 1.54) is 38.8 Å². The van der Waals surface area contributed by atoms with Crippen LogP contribution in [0.2, 0.25) is 0 Å². The smallest absolute Gasteiger partial charge is 0.410 e. The zero-order valence-electron chi connectivity index (χ0n) is 20.9. The Morgan fingerprint density at radius 3 is 2.34 bits per heavy atom. The van der Waals surface area contributed by atoms with Crippen molar-refractivity contribution in [3.63, 3.8) is 0 Å². The quantitative estimate of drug-likeness (QED) is 0.301. The fraction of sp³-hybridized carbons (Fsp3) is 0.917. The van der Waals surface area contributed by atoms with Crippen LogP contribution in [-0.2, 0) is 4.74 Å². The second-order valence-electron chi connectivity index (χ2n) is 10.6. The van der Waals surface area contributed by atoms with E-state index >= 15 is 0 Å². The number of carbonyl (C=O) groups excluding carboxylic acids is 1. The molecule has 1 atom stereocenters. The Kier molecular flexibility index (Phi) is 10.8. The normalized spacial score (nSPS) is 23.5. The average molecular weight is 564 g/mol. The van der Waals surface area contributed by atoms with E-state index in [0.29, 0.717) is 11.8 Å². The number of guanidine groups is 1. The van der Waals surface area contributed by atoms with Gasteiger partial charge in [-0.1, -0.05) is 6.92 Å². The number of carbonyl (C=O) groups is 1. The number of amides is 1. The van der Waals surface area contributed by atoms with Crippen LogP contribution >= 0.6 is 24.0 Å². The maximum atomic E-state index is 12.9. The van der Waals surface area contributed by atoms with Crippen molar-refractivity contribution in [1.29, 1.82) is 0 Å². The molecule has 3 rings (SSSR count). The molecule has 0 aromatic rings. The number of rotatable bonds is 6. The topological polar surface area (TPSA) is 60.4 Å². The number of nitrogens with zero attached hydrogens (tertiary/aromatic N) is 4. The van der Waals surface area contributed by atoms with Crippen molar-refractivity contribution in [1.82, 2.24) is 20.0 Å². The van der Waals surface area contributed by atoms with Gasteiger partial charge in [-0.25, -0.2) is 4.79 Å². The molecule has 1 N–H and O–H groups in total. The highest BCUT2D eigenvalue weighted by atomic mass is 127. The lowest BCUT2D eigenvalue weighted by molar-refractivity contribution is 0.00927. The van der Waals surface area contributed by atoms with Gasteiger partial charge < -0.3 is 24.8 Å². The van der Waals surface area contributed by atoms with Gasteiger partial charge in [-0.05, 0) is 84.2 Å². The summed E-state index contributed by atoms with van der Waals surface area (Å²) in [5, 5.41) is 3.64. The number of hydrogen-bond acceptors (Lipinski definition) is 4. The number of hydrogen-bond donors (Lipinski definition) is 1. The summed E-state index contributed by atoms with van der Waals surface area (Å²) >= 11 is 0. The van der Waals surface area contributed by atoms with E-state index in [1.807, 2.05) is 32.7 Å². The largest absolute Gasteiger partial charge is 0.444 e. The molecule has 0 aromatic heterocycles. The van der Waals surface area contributed by atoms with Crippen molar-refractivity contribution in [3.8, 4) is 0 Å². The molecule has 32 heavy (non-hydrogen) atoms. The van der Waals surface area contributed by atoms with Gasteiger partial charge >= 0.3 is 6.09 Å². The van der Waals surface area contributed by atoms with Gasteiger partial charge in [-0.15, -0.1) is 24.0 Å². The third-order valence-corrected chi connectivity index (χ3v) is 6.80. The van der Waals surface area contributed by atoms with Crippen LogP contribution in [0.3, 0.4) is 0 Å². The predicted molar refractivity (Wildman–Crippen MR) is 142 cm³/mol. The van der Waals surface area contributed by atoms with Gasteiger partial charge in [0.05, 0.1) is 0 Å². The van der Waals surface area contributed by atoms with Crippen LogP contribution < -0.4 is 5.32 Å². The Morgan fingerprint density at radius 2 is 1.78 bits per heavy atom. The van der Waals surface area contributed by atoms with Crippen molar-refractivity contribution >= 4 is 36.0 Å². The zero-order chi connectivity index (χ0) is 22.4. The summed E-state index contributed by atoms with van der Waals surface area (Å²) in [5.74, 6) is 2.38. The standard InChI is InChI=1S/C24H45N5O2.HI/c1-6-27-13-7-8-20(17-27)16-26-22(25-5)28-14-11-21(12-15-28)29(18-19-9-10-19)23(30)31-24(2,3)4;/h19-21H,6-18H2,1-5H3,(H,25,26);1H. The van der Waals surface area contributed by atoms with Crippen LogP contribution in [0.4, 0.5) is 4.79 Å². The molecule has 7 nitrogen and oxygen atoms in total. The van der Waals surface area contributed by atoms with Crippen LogP contribution in [0.5, 0.6) is 0 Å². The minimum Gasteiger partial charge on any atom is -0.444 e. The summed E-state index contributed by atoms with van der Waals surface area (Å²) in [4.78, 5) is 24.4. The lowest BCUT2D eigenvalue weighted by Crippen LogP contribution is -2.53. The number of likely N-dealkylation sites (tertiary alicyclic amines) is 2. The van der Waals surface area contributed by atoms with Crippen molar-refractivity contribution in [3.05, 3.63) is 0 Å². The molecule has 1 amide bonds. The Hall–Kier alpha value is -0.770. The third-order valence-electron chi connectivity index (χ3n) is 6.80. The first-order chi connectivity index (χ1) is 14.8. The maximum Gasteiger partial charge on any atom is 0.410 e. The van der Waals surface area contributed by atoms with E-state index in [2.05, 4.69) is 27.0 Å². The van der Waals surface area contributed by atoms with Crippen molar-refractivity contribution in [2.24, 2.45) is 16.8 Å². The lowest BCUT2D eigenvalue weighted by atomic mass is 9.98. The van der Waals surface area contributed by atoms with Gasteiger partial charge in [0.1, 0.15) is 5.60 Å². The second-order valence-corrected chi connectivity index (χ2v) is 10.6. The molecule has 3 fully saturated rings. The fourth-order valence-corrected chi connectivity index (χ4v) is 4.83. The molecule has 1 unspecified atom stereocenters. The minimum absolute atomic E-state index is 0. The first-order valence-electron chi connectivity index (χ1n) is 12.5. The molecule has 0 radical (unpaired) electrons. The van der Waals surface area contributed by atoms with Gasteiger partial charge in [-0.2, -0.15) is 0 Å². The van der Waals surface area contributed by atoms with Gasteiger partial charge in [0.2, 0.25) is 0 Å². The van der Waals surface area contributed by atoms with Crippen LogP contribution in [-0.4, -0.2) is 91.3 Å². The highest BCUT2D eigenvalue weighted by Crippen LogP contribution is 2.32. The lowest BCUT2D eigenvalue weighted by Gasteiger charge is -2.40. The van der Waals surface area contributed by atoms with E-state index < -0.39 is 5.60 Å². The molecular formula is C24H46IN5O2. The fourth-order valence-electron chi connectivity index (χ4n) is 4.83. The second kappa shape index (κ2) is 12.6. The number of halogens is 1. The van der Waals surface area contributed by atoms with E-state index in [0.717, 1.165) is 51.5 Å². The summed E-state index contributed by atoms with van der Waals surface area (Å²) in [6.45, 7) is 15.4. The number of ether oxygens (including phenoxy) is 1. The van der Waals surface area contributed by atoms with E-state index in [9.17, 15) is 4.79 Å². The highest BCUT2D eigenvalue weighted by molar-refractivity contribution is 14.0. The number of aliphatic imine (C=N–C) groups is 1.